The van der Waals surface area contributed by atoms with Crippen molar-refractivity contribution in [3.8, 4) is 0 Å². The lowest BCUT2D eigenvalue weighted by molar-refractivity contribution is 0.106. The van der Waals surface area contributed by atoms with Gasteiger partial charge in [0.2, 0.25) is 0 Å². The smallest absolute Gasteiger partial charge is 0.111 e. The number of methoxy groups -OCH3 is 1. The number of hydrogen-bond acceptors (Lipinski definition) is 2. The molecule has 5 heteroatoms. The fourth-order valence-electron chi connectivity index (χ4n) is 3.15. The molecule has 20 heavy (non-hydrogen) atoms. The molecule has 1 aliphatic carbocycles. The molecule has 0 N–H and O–H groups in total. The summed E-state index contributed by atoms with van der Waals surface area (Å²) in [6, 6.07) is 6.30. The molecule has 1 aliphatic rings. The highest BCUT2D eigenvalue weighted by Gasteiger charge is 2.28. The minimum Gasteiger partial charge on any atom is -0.381 e. The third-order valence-electron chi connectivity index (χ3n) is 4.10. The zero-order chi connectivity index (χ0) is 14.1. The molecule has 1 fully saturated rings. The molecule has 2 unspecified atom stereocenters. The molecule has 1 saturated carbocycles. The molecule has 0 saturated heterocycles. The molecule has 3 nitrogen and oxygen atoms in total. The van der Waals surface area contributed by atoms with Crippen LogP contribution in [0.25, 0.3) is 11.0 Å². The van der Waals surface area contributed by atoms with Gasteiger partial charge in [-0.1, -0.05) is 11.6 Å². The Morgan fingerprint density at radius 3 is 2.95 bits per heavy atom. The van der Waals surface area contributed by atoms with Crippen molar-refractivity contribution in [2.24, 2.45) is 0 Å². The average Bonchev–Trinajstić information content (AvgIpc) is 3.02. The summed E-state index contributed by atoms with van der Waals surface area (Å²) < 4.78 is 7.81. The van der Waals surface area contributed by atoms with Gasteiger partial charge in [0.05, 0.1) is 17.1 Å². The van der Waals surface area contributed by atoms with Crippen molar-refractivity contribution in [1.29, 1.82) is 0 Å². The summed E-state index contributed by atoms with van der Waals surface area (Å²) in [7, 11) is 1.79. The number of nitrogens with zero attached hydrogens (tertiary/aromatic N) is 2. The lowest BCUT2D eigenvalue weighted by atomic mass is 10.2. The molecule has 1 aromatic heterocycles. The van der Waals surface area contributed by atoms with E-state index in [1.54, 1.807) is 7.11 Å². The highest BCUT2D eigenvalue weighted by molar-refractivity contribution is 6.31. The van der Waals surface area contributed by atoms with Gasteiger partial charge in [-0.3, -0.25) is 0 Å². The van der Waals surface area contributed by atoms with Gasteiger partial charge in [0.25, 0.3) is 0 Å². The van der Waals surface area contributed by atoms with Crippen LogP contribution in [0.1, 0.15) is 31.1 Å². The van der Waals surface area contributed by atoms with E-state index in [0.717, 1.165) is 47.6 Å². The number of benzene rings is 1. The third kappa shape index (κ3) is 2.54. The molecular formula is C15H18Cl2N2O. The van der Waals surface area contributed by atoms with Crippen LogP contribution in [0.3, 0.4) is 0 Å². The number of alkyl halides is 1. The van der Waals surface area contributed by atoms with E-state index in [4.69, 9.17) is 32.9 Å². The largest absolute Gasteiger partial charge is 0.381 e. The van der Waals surface area contributed by atoms with E-state index < -0.39 is 0 Å². The topological polar surface area (TPSA) is 27.1 Å². The molecule has 0 radical (unpaired) electrons. The predicted molar refractivity (Wildman–Crippen MR) is 82.9 cm³/mol. The maximum Gasteiger partial charge on any atom is 0.111 e. The molecule has 0 aliphatic heterocycles. The predicted octanol–water partition coefficient (Wildman–Crippen LogP) is 4.21. The van der Waals surface area contributed by atoms with E-state index in [1.807, 2.05) is 18.2 Å². The van der Waals surface area contributed by atoms with Crippen molar-refractivity contribution < 1.29 is 4.74 Å². The van der Waals surface area contributed by atoms with Gasteiger partial charge in [-0.15, -0.1) is 11.6 Å². The second kappa shape index (κ2) is 5.92. The van der Waals surface area contributed by atoms with Gasteiger partial charge in [0, 0.05) is 30.5 Å². The van der Waals surface area contributed by atoms with Crippen LogP contribution < -0.4 is 0 Å². The van der Waals surface area contributed by atoms with E-state index in [2.05, 4.69) is 4.57 Å². The fraction of sp³-hybridized carbons (Fsp3) is 0.533. The quantitative estimate of drug-likeness (QED) is 0.791. The van der Waals surface area contributed by atoms with E-state index in [1.165, 1.54) is 0 Å². The molecule has 0 amide bonds. The van der Waals surface area contributed by atoms with Crippen LogP contribution in [0.4, 0.5) is 0 Å². The fourth-order valence-corrected chi connectivity index (χ4v) is 3.49. The number of imidazole rings is 1. The van der Waals surface area contributed by atoms with Gasteiger partial charge in [0.15, 0.2) is 0 Å². The zero-order valence-corrected chi connectivity index (χ0v) is 13.0. The number of fused-ring (bicyclic) bond motifs is 1. The minimum atomic E-state index is 0.348. The Kier molecular flexibility index (Phi) is 4.20. The van der Waals surface area contributed by atoms with Crippen molar-refractivity contribution in [2.75, 3.05) is 13.0 Å². The normalized spacial score (nSPS) is 22.8. The Morgan fingerprint density at radius 1 is 1.40 bits per heavy atom. The van der Waals surface area contributed by atoms with Crippen molar-refractivity contribution in [1.82, 2.24) is 9.55 Å². The minimum absolute atomic E-state index is 0.348. The Bertz CT molecular complexity index is 611. The summed E-state index contributed by atoms with van der Waals surface area (Å²) in [5.74, 6) is 1.64. The maximum absolute atomic E-state index is 6.15. The number of hydrogen-bond donors (Lipinski definition) is 0. The number of halogens is 2. The lowest BCUT2D eigenvalue weighted by Gasteiger charge is -2.17. The number of rotatable bonds is 4. The Morgan fingerprint density at radius 2 is 2.25 bits per heavy atom. The summed E-state index contributed by atoms with van der Waals surface area (Å²) in [4.78, 5) is 4.72. The van der Waals surface area contributed by atoms with Crippen molar-refractivity contribution in [3.63, 3.8) is 0 Å². The molecule has 108 valence electrons. The monoisotopic (exact) mass is 312 g/mol. The van der Waals surface area contributed by atoms with Crippen LogP contribution in [-0.2, 0) is 11.2 Å². The van der Waals surface area contributed by atoms with E-state index >= 15 is 0 Å². The molecule has 1 aromatic carbocycles. The Labute approximate surface area is 128 Å². The molecule has 2 aromatic rings. The SMILES string of the molecule is COC1CCC(n2c(CCCl)nc3ccc(Cl)cc32)C1. The van der Waals surface area contributed by atoms with Crippen LogP contribution in [0.2, 0.25) is 5.02 Å². The zero-order valence-electron chi connectivity index (χ0n) is 11.5. The van der Waals surface area contributed by atoms with Crippen molar-refractivity contribution in [3.05, 3.63) is 29.0 Å². The summed E-state index contributed by atoms with van der Waals surface area (Å²) in [5, 5.41) is 0.748. The van der Waals surface area contributed by atoms with Crippen LogP contribution in [0, 0.1) is 0 Å². The number of aryl methyl sites for hydroxylation is 1. The average molecular weight is 313 g/mol. The van der Waals surface area contributed by atoms with Crippen LogP contribution in [0.5, 0.6) is 0 Å². The summed E-state index contributed by atoms with van der Waals surface area (Å²) in [6.07, 6.45) is 4.37. The van der Waals surface area contributed by atoms with E-state index in [-0.39, 0.29) is 0 Å². The Hall–Kier alpha value is -0.770. The second-order valence-corrected chi connectivity index (χ2v) is 6.11. The van der Waals surface area contributed by atoms with Gasteiger partial charge in [0.1, 0.15) is 5.82 Å². The van der Waals surface area contributed by atoms with Crippen LogP contribution >= 0.6 is 23.2 Å². The first kappa shape index (κ1) is 14.2. The Balaban J connectivity index is 2.06. The van der Waals surface area contributed by atoms with Crippen molar-refractivity contribution >= 4 is 34.2 Å². The first-order valence-corrected chi connectivity index (χ1v) is 7.89. The highest BCUT2D eigenvalue weighted by atomic mass is 35.5. The summed E-state index contributed by atoms with van der Waals surface area (Å²) in [5.41, 5.74) is 2.11. The first-order chi connectivity index (χ1) is 9.72. The van der Waals surface area contributed by atoms with Gasteiger partial charge < -0.3 is 9.30 Å². The first-order valence-electron chi connectivity index (χ1n) is 6.98. The van der Waals surface area contributed by atoms with Gasteiger partial charge in [-0.25, -0.2) is 4.98 Å². The van der Waals surface area contributed by atoms with E-state index in [0.29, 0.717) is 18.0 Å². The molecular weight excluding hydrogens is 295 g/mol. The standard InChI is InChI=1S/C15H18Cl2N2O/c1-20-12-4-3-11(9-12)19-14-8-10(17)2-5-13(14)18-15(19)6-7-16/h2,5,8,11-12H,3-4,6-7,9H2,1H3. The maximum atomic E-state index is 6.15. The third-order valence-corrected chi connectivity index (χ3v) is 4.52. The molecule has 0 spiro atoms. The van der Waals surface area contributed by atoms with Gasteiger partial charge >= 0.3 is 0 Å². The molecule has 3 rings (SSSR count). The lowest BCUT2D eigenvalue weighted by Crippen LogP contribution is -2.12. The molecule has 1 heterocycles. The van der Waals surface area contributed by atoms with Gasteiger partial charge in [-0.2, -0.15) is 0 Å². The highest BCUT2D eigenvalue weighted by Crippen LogP contribution is 2.36. The number of aromatic nitrogens is 2. The van der Waals surface area contributed by atoms with Crippen molar-refractivity contribution in [2.45, 2.75) is 37.8 Å². The van der Waals surface area contributed by atoms with E-state index in [9.17, 15) is 0 Å². The number of ether oxygens (including phenoxy) is 1. The molecule has 2 atom stereocenters. The van der Waals surface area contributed by atoms with Gasteiger partial charge in [-0.05, 0) is 37.5 Å². The summed E-state index contributed by atoms with van der Waals surface area (Å²) in [6.45, 7) is 0. The van der Waals surface area contributed by atoms with Crippen LogP contribution in [-0.4, -0.2) is 28.6 Å². The second-order valence-electron chi connectivity index (χ2n) is 5.29. The van der Waals surface area contributed by atoms with Crippen LogP contribution in [0.15, 0.2) is 18.2 Å². The summed E-state index contributed by atoms with van der Waals surface area (Å²) >= 11 is 12.1. The molecule has 0 bridgehead atoms.